The first kappa shape index (κ1) is 13.1. The van der Waals surface area contributed by atoms with E-state index in [1.807, 2.05) is 0 Å². The standard InChI is InChI=1S/C14H9F3O2/c1-7-2-4-9(13(17)12(7)16)11-6-8(15)3-5-10(11)14(18)19/h2-6H,1H3,(H,18,19). The van der Waals surface area contributed by atoms with Crippen LogP contribution < -0.4 is 0 Å². The molecule has 1 N–H and O–H groups in total. The van der Waals surface area contributed by atoms with Crippen molar-refractivity contribution in [2.75, 3.05) is 0 Å². The van der Waals surface area contributed by atoms with Crippen molar-refractivity contribution in [3.8, 4) is 11.1 Å². The minimum Gasteiger partial charge on any atom is -0.478 e. The first-order chi connectivity index (χ1) is 8.91. The smallest absolute Gasteiger partial charge is 0.336 e. The van der Waals surface area contributed by atoms with Crippen LogP contribution in [0.1, 0.15) is 15.9 Å². The van der Waals surface area contributed by atoms with Crippen LogP contribution in [0.15, 0.2) is 30.3 Å². The monoisotopic (exact) mass is 266 g/mol. The van der Waals surface area contributed by atoms with E-state index in [9.17, 15) is 18.0 Å². The van der Waals surface area contributed by atoms with Crippen LogP contribution in [-0.4, -0.2) is 11.1 Å². The number of aryl methyl sites for hydroxylation is 1. The first-order valence-corrected chi connectivity index (χ1v) is 5.39. The van der Waals surface area contributed by atoms with Gasteiger partial charge in [-0.25, -0.2) is 18.0 Å². The Morgan fingerprint density at radius 1 is 1.00 bits per heavy atom. The van der Waals surface area contributed by atoms with Gasteiger partial charge in [0.25, 0.3) is 0 Å². The molecule has 0 aliphatic carbocycles. The summed E-state index contributed by atoms with van der Waals surface area (Å²) in [4.78, 5) is 11.0. The van der Waals surface area contributed by atoms with E-state index < -0.39 is 23.4 Å². The van der Waals surface area contributed by atoms with Crippen molar-refractivity contribution in [2.24, 2.45) is 0 Å². The van der Waals surface area contributed by atoms with Crippen LogP contribution in [0.25, 0.3) is 11.1 Å². The Balaban J connectivity index is 2.75. The molecule has 0 aliphatic rings. The predicted molar refractivity (Wildman–Crippen MR) is 63.4 cm³/mol. The maximum Gasteiger partial charge on any atom is 0.336 e. The van der Waals surface area contributed by atoms with Crippen LogP contribution in [0.2, 0.25) is 0 Å². The third-order valence-electron chi connectivity index (χ3n) is 2.78. The number of rotatable bonds is 2. The molecule has 0 amide bonds. The van der Waals surface area contributed by atoms with E-state index in [0.29, 0.717) is 0 Å². The van der Waals surface area contributed by atoms with Crippen molar-refractivity contribution in [1.29, 1.82) is 0 Å². The Morgan fingerprint density at radius 3 is 2.32 bits per heavy atom. The number of halogens is 3. The summed E-state index contributed by atoms with van der Waals surface area (Å²) in [6, 6.07) is 5.38. The third kappa shape index (κ3) is 2.31. The molecule has 19 heavy (non-hydrogen) atoms. The molecule has 2 aromatic carbocycles. The van der Waals surface area contributed by atoms with Gasteiger partial charge in [0.05, 0.1) is 5.56 Å². The van der Waals surface area contributed by atoms with Crippen LogP contribution in [0, 0.1) is 24.4 Å². The zero-order valence-electron chi connectivity index (χ0n) is 9.88. The molecule has 0 radical (unpaired) electrons. The largest absolute Gasteiger partial charge is 0.478 e. The quantitative estimate of drug-likeness (QED) is 0.898. The summed E-state index contributed by atoms with van der Waals surface area (Å²) >= 11 is 0. The van der Waals surface area contributed by atoms with Gasteiger partial charge in [-0.15, -0.1) is 0 Å². The second-order valence-electron chi connectivity index (χ2n) is 4.05. The van der Waals surface area contributed by atoms with Crippen LogP contribution in [0.5, 0.6) is 0 Å². The molecule has 0 saturated carbocycles. The number of carboxylic acid groups (broad SMARTS) is 1. The fourth-order valence-corrected chi connectivity index (χ4v) is 1.78. The van der Waals surface area contributed by atoms with Crippen molar-refractivity contribution in [2.45, 2.75) is 6.92 Å². The summed E-state index contributed by atoms with van der Waals surface area (Å²) in [5.74, 6) is -4.32. The maximum absolute atomic E-state index is 13.8. The summed E-state index contributed by atoms with van der Waals surface area (Å²) in [6.07, 6.45) is 0. The Hall–Kier alpha value is -2.30. The lowest BCUT2D eigenvalue weighted by Crippen LogP contribution is -2.02. The number of aromatic carboxylic acids is 1. The summed E-state index contributed by atoms with van der Waals surface area (Å²) < 4.78 is 40.5. The van der Waals surface area contributed by atoms with E-state index in [4.69, 9.17) is 5.11 Å². The highest BCUT2D eigenvalue weighted by Crippen LogP contribution is 2.29. The topological polar surface area (TPSA) is 37.3 Å². The number of benzene rings is 2. The van der Waals surface area contributed by atoms with E-state index in [2.05, 4.69) is 0 Å². The average molecular weight is 266 g/mol. The highest BCUT2D eigenvalue weighted by Gasteiger charge is 2.18. The lowest BCUT2D eigenvalue weighted by Gasteiger charge is -2.09. The molecule has 0 fully saturated rings. The van der Waals surface area contributed by atoms with Gasteiger partial charge in [-0.2, -0.15) is 0 Å². The van der Waals surface area contributed by atoms with Crippen molar-refractivity contribution in [1.82, 2.24) is 0 Å². The predicted octanol–water partition coefficient (Wildman–Crippen LogP) is 3.78. The molecule has 0 spiro atoms. The van der Waals surface area contributed by atoms with E-state index in [-0.39, 0.29) is 22.3 Å². The van der Waals surface area contributed by atoms with Crippen LogP contribution in [0.4, 0.5) is 13.2 Å². The lowest BCUT2D eigenvalue weighted by atomic mass is 9.97. The van der Waals surface area contributed by atoms with Gasteiger partial charge in [0.15, 0.2) is 11.6 Å². The molecule has 0 bridgehead atoms. The second kappa shape index (κ2) is 4.76. The van der Waals surface area contributed by atoms with Crippen LogP contribution >= 0.6 is 0 Å². The van der Waals surface area contributed by atoms with Gasteiger partial charge in [0.2, 0.25) is 0 Å². The van der Waals surface area contributed by atoms with Crippen LogP contribution in [-0.2, 0) is 0 Å². The Labute approximate surface area is 107 Å². The SMILES string of the molecule is Cc1ccc(-c2cc(F)ccc2C(=O)O)c(F)c1F. The molecular weight excluding hydrogens is 257 g/mol. The summed E-state index contributed by atoms with van der Waals surface area (Å²) in [5.41, 5.74) is -0.665. The molecule has 2 aromatic rings. The maximum atomic E-state index is 13.8. The number of hydrogen-bond donors (Lipinski definition) is 1. The van der Waals surface area contributed by atoms with Crippen molar-refractivity contribution < 1.29 is 23.1 Å². The average Bonchev–Trinajstić information content (AvgIpc) is 2.35. The fourth-order valence-electron chi connectivity index (χ4n) is 1.78. The van der Waals surface area contributed by atoms with Crippen LogP contribution in [0.3, 0.4) is 0 Å². The molecule has 0 saturated heterocycles. The van der Waals surface area contributed by atoms with E-state index in [0.717, 1.165) is 18.2 Å². The number of carboxylic acids is 1. The van der Waals surface area contributed by atoms with Crippen molar-refractivity contribution in [3.05, 3.63) is 58.9 Å². The minimum absolute atomic E-state index is 0.0922. The van der Waals surface area contributed by atoms with Crippen molar-refractivity contribution in [3.63, 3.8) is 0 Å². The number of carbonyl (C=O) groups is 1. The van der Waals surface area contributed by atoms with Gasteiger partial charge < -0.3 is 5.11 Å². The highest BCUT2D eigenvalue weighted by molar-refractivity contribution is 5.96. The zero-order chi connectivity index (χ0) is 14.2. The molecule has 98 valence electrons. The molecule has 2 rings (SSSR count). The molecule has 0 aliphatic heterocycles. The molecular formula is C14H9F3O2. The molecule has 0 unspecified atom stereocenters. The van der Waals surface area contributed by atoms with Gasteiger partial charge in [-0.1, -0.05) is 12.1 Å². The van der Waals surface area contributed by atoms with Gasteiger partial charge in [0.1, 0.15) is 5.82 Å². The Bertz CT molecular complexity index is 666. The highest BCUT2D eigenvalue weighted by atomic mass is 19.2. The summed E-state index contributed by atoms with van der Waals surface area (Å²) in [6.45, 7) is 1.38. The minimum atomic E-state index is -1.34. The van der Waals surface area contributed by atoms with Gasteiger partial charge in [-0.3, -0.25) is 0 Å². The van der Waals surface area contributed by atoms with Gasteiger partial charge in [0, 0.05) is 11.1 Å². The van der Waals surface area contributed by atoms with Gasteiger partial charge in [-0.05, 0) is 30.7 Å². The lowest BCUT2D eigenvalue weighted by molar-refractivity contribution is 0.0697. The van der Waals surface area contributed by atoms with E-state index >= 15 is 0 Å². The third-order valence-corrected chi connectivity index (χ3v) is 2.78. The number of hydrogen-bond acceptors (Lipinski definition) is 1. The zero-order valence-corrected chi connectivity index (χ0v) is 9.88. The molecule has 0 atom stereocenters. The molecule has 0 heterocycles. The molecule has 2 nitrogen and oxygen atoms in total. The van der Waals surface area contributed by atoms with E-state index in [1.54, 1.807) is 0 Å². The first-order valence-electron chi connectivity index (χ1n) is 5.39. The Morgan fingerprint density at radius 2 is 1.68 bits per heavy atom. The molecule has 5 heteroatoms. The van der Waals surface area contributed by atoms with Crippen molar-refractivity contribution >= 4 is 5.97 Å². The second-order valence-corrected chi connectivity index (χ2v) is 4.05. The summed E-state index contributed by atoms with van der Waals surface area (Å²) in [5, 5.41) is 8.99. The summed E-state index contributed by atoms with van der Waals surface area (Å²) in [7, 11) is 0. The molecule has 0 aromatic heterocycles. The van der Waals surface area contributed by atoms with Gasteiger partial charge >= 0.3 is 5.97 Å². The fraction of sp³-hybridized carbons (Fsp3) is 0.0714. The van der Waals surface area contributed by atoms with E-state index in [1.165, 1.54) is 19.1 Å². The normalized spacial score (nSPS) is 10.5. The Kier molecular flexibility index (Phi) is 3.29.